The van der Waals surface area contributed by atoms with Crippen LogP contribution in [0.25, 0.3) is 11.1 Å². The second-order valence-electron chi connectivity index (χ2n) is 7.62. The molecule has 0 aromatic heterocycles. The van der Waals surface area contributed by atoms with E-state index in [-0.39, 0.29) is 0 Å². The summed E-state index contributed by atoms with van der Waals surface area (Å²) in [6, 6.07) is 26.2. The minimum absolute atomic E-state index is 0.294. The quantitative estimate of drug-likeness (QED) is 0.605. The van der Waals surface area contributed by atoms with Crippen molar-refractivity contribution in [1.29, 1.82) is 0 Å². The fourth-order valence-electron chi connectivity index (χ4n) is 3.76. The molecule has 0 spiro atoms. The minimum Gasteiger partial charge on any atom is -0.491 e. The average Bonchev–Trinajstić information content (AvgIpc) is 2.80. The zero-order valence-electron chi connectivity index (χ0n) is 17.0. The summed E-state index contributed by atoms with van der Waals surface area (Å²) in [5.41, 5.74) is 3.53. The van der Waals surface area contributed by atoms with Crippen molar-refractivity contribution in [2.24, 2.45) is 0 Å². The van der Waals surface area contributed by atoms with Gasteiger partial charge in [-0.3, -0.25) is 4.90 Å². The van der Waals surface area contributed by atoms with Gasteiger partial charge in [0, 0.05) is 43.4 Å². The molecule has 0 radical (unpaired) electrons. The lowest BCUT2D eigenvalue weighted by Crippen LogP contribution is -2.49. The third-order valence-corrected chi connectivity index (χ3v) is 5.69. The molecule has 4 rings (SSSR count). The van der Waals surface area contributed by atoms with Gasteiger partial charge in [-0.1, -0.05) is 54.1 Å². The average molecular weight is 423 g/mol. The number of anilines is 1. The van der Waals surface area contributed by atoms with Gasteiger partial charge in [-0.25, -0.2) is 0 Å². The number of aliphatic hydroxyl groups excluding tert-OH is 1. The first-order chi connectivity index (χ1) is 14.7. The maximum atomic E-state index is 10.4. The Kier molecular flexibility index (Phi) is 6.90. The minimum atomic E-state index is -0.513. The van der Waals surface area contributed by atoms with Gasteiger partial charge in [0.15, 0.2) is 0 Å². The highest BCUT2D eigenvalue weighted by Crippen LogP contribution is 2.22. The summed E-state index contributed by atoms with van der Waals surface area (Å²) in [5, 5.41) is 11.2. The van der Waals surface area contributed by atoms with Crippen LogP contribution in [0.1, 0.15) is 0 Å². The molecule has 1 unspecified atom stereocenters. The van der Waals surface area contributed by atoms with E-state index in [1.807, 2.05) is 54.6 Å². The van der Waals surface area contributed by atoms with Crippen LogP contribution in [0.3, 0.4) is 0 Å². The largest absolute Gasteiger partial charge is 0.491 e. The molecule has 0 amide bonds. The monoisotopic (exact) mass is 422 g/mol. The normalized spacial score (nSPS) is 15.7. The van der Waals surface area contributed by atoms with Crippen molar-refractivity contribution < 1.29 is 9.84 Å². The fourth-order valence-corrected chi connectivity index (χ4v) is 3.88. The lowest BCUT2D eigenvalue weighted by atomic mass is 10.1. The molecular weight excluding hydrogens is 396 g/mol. The lowest BCUT2D eigenvalue weighted by Gasteiger charge is -2.36. The van der Waals surface area contributed by atoms with Crippen molar-refractivity contribution in [2.45, 2.75) is 6.10 Å². The molecule has 4 nitrogen and oxygen atoms in total. The van der Waals surface area contributed by atoms with Gasteiger partial charge in [-0.2, -0.15) is 0 Å². The van der Waals surface area contributed by atoms with Gasteiger partial charge in [0.25, 0.3) is 0 Å². The molecule has 1 atom stereocenters. The predicted octanol–water partition coefficient (Wildman–Crippen LogP) is 4.57. The Balaban J connectivity index is 1.21. The summed E-state index contributed by atoms with van der Waals surface area (Å²) in [5.74, 6) is 0.779. The number of benzene rings is 3. The van der Waals surface area contributed by atoms with Crippen LogP contribution in [0.4, 0.5) is 5.69 Å². The number of aliphatic hydroxyl groups is 1. The molecular formula is C25H27ClN2O2. The molecule has 3 aromatic rings. The van der Waals surface area contributed by atoms with Crippen LogP contribution in [0.5, 0.6) is 5.75 Å². The van der Waals surface area contributed by atoms with Gasteiger partial charge in [0.05, 0.1) is 0 Å². The maximum Gasteiger partial charge on any atom is 0.119 e. The standard InChI is InChI=1S/C25H27ClN2O2/c26-22-8-10-23(11-9-22)28-16-14-27(15-17-28)18-24(29)19-30-25-12-6-21(7-13-25)20-4-2-1-3-5-20/h1-13,24,29H,14-19H2. The van der Waals surface area contributed by atoms with Gasteiger partial charge in [-0.15, -0.1) is 0 Å². The van der Waals surface area contributed by atoms with Gasteiger partial charge in [0.2, 0.25) is 0 Å². The predicted molar refractivity (Wildman–Crippen MR) is 123 cm³/mol. The molecule has 5 heteroatoms. The molecule has 0 saturated carbocycles. The summed E-state index contributed by atoms with van der Waals surface area (Å²) >= 11 is 5.97. The number of halogens is 1. The number of hydrogen-bond acceptors (Lipinski definition) is 4. The third kappa shape index (κ3) is 5.54. The van der Waals surface area contributed by atoms with Crippen LogP contribution < -0.4 is 9.64 Å². The summed E-state index contributed by atoms with van der Waals surface area (Å²) in [6.45, 7) is 4.64. The van der Waals surface area contributed by atoms with E-state index < -0.39 is 6.10 Å². The number of hydrogen-bond donors (Lipinski definition) is 1. The van der Waals surface area contributed by atoms with E-state index in [2.05, 4.69) is 34.1 Å². The fraction of sp³-hybridized carbons (Fsp3) is 0.280. The first kappa shape index (κ1) is 20.7. The van der Waals surface area contributed by atoms with E-state index in [4.69, 9.17) is 16.3 Å². The van der Waals surface area contributed by atoms with Crippen LogP contribution in [0.2, 0.25) is 5.02 Å². The molecule has 3 aromatic carbocycles. The topological polar surface area (TPSA) is 35.9 Å². The highest BCUT2D eigenvalue weighted by Gasteiger charge is 2.19. The van der Waals surface area contributed by atoms with E-state index >= 15 is 0 Å². The first-order valence-electron chi connectivity index (χ1n) is 10.4. The SMILES string of the molecule is OC(COc1ccc(-c2ccccc2)cc1)CN1CCN(c2ccc(Cl)cc2)CC1. The number of piperazine rings is 1. The molecule has 1 aliphatic rings. The Bertz CT molecular complexity index is 908. The van der Waals surface area contributed by atoms with Gasteiger partial charge < -0.3 is 14.7 Å². The summed E-state index contributed by atoms with van der Waals surface area (Å²) < 4.78 is 5.80. The summed E-state index contributed by atoms with van der Waals surface area (Å²) in [7, 11) is 0. The molecule has 156 valence electrons. The number of rotatable bonds is 7. The molecule has 0 bridgehead atoms. The summed E-state index contributed by atoms with van der Waals surface area (Å²) in [4.78, 5) is 4.64. The smallest absolute Gasteiger partial charge is 0.119 e. The summed E-state index contributed by atoms with van der Waals surface area (Å²) in [6.07, 6.45) is -0.513. The molecule has 1 N–H and O–H groups in total. The Labute approximate surface area is 183 Å². The van der Waals surface area contributed by atoms with Crippen molar-refractivity contribution in [2.75, 3.05) is 44.2 Å². The van der Waals surface area contributed by atoms with Crippen molar-refractivity contribution >= 4 is 17.3 Å². The van der Waals surface area contributed by atoms with Crippen molar-refractivity contribution in [3.05, 3.63) is 83.9 Å². The van der Waals surface area contributed by atoms with Crippen LogP contribution in [0, 0.1) is 0 Å². The lowest BCUT2D eigenvalue weighted by molar-refractivity contribution is 0.0663. The molecule has 1 saturated heterocycles. The zero-order valence-corrected chi connectivity index (χ0v) is 17.7. The van der Waals surface area contributed by atoms with Crippen LogP contribution in [-0.2, 0) is 0 Å². The van der Waals surface area contributed by atoms with Crippen LogP contribution in [0.15, 0.2) is 78.9 Å². The number of nitrogens with zero attached hydrogens (tertiary/aromatic N) is 2. The Morgan fingerprint density at radius 2 is 1.43 bits per heavy atom. The van der Waals surface area contributed by atoms with Gasteiger partial charge in [0.1, 0.15) is 18.5 Å². The van der Waals surface area contributed by atoms with Crippen molar-refractivity contribution in [3.8, 4) is 16.9 Å². The maximum absolute atomic E-state index is 10.4. The molecule has 1 aliphatic heterocycles. The molecule has 0 aliphatic carbocycles. The van der Waals surface area contributed by atoms with Crippen molar-refractivity contribution in [3.63, 3.8) is 0 Å². The van der Waals surface area contributed by atoms with E-state index in [9.17, 15) is 5.11 Å². The highest BCUT2D eigenvalue weighted by atomic mass is 35.5. The molecule has 30 heavy (non-hydrogen) atoms. The second-order valence-corrected chi connectivity index (χ2v) is 8.06. The van der Waals surface area contributed by atoms with E-state index in [1.54, 1.807) is 0 Å². The van der Waals surface area contributed by atoms with E-state index in [0.717, 1.165) is 42.5 Å². The van der Waals surface area contributed by atoms with Crippen LogP contribution >= 0.6 is 11.6 Å². The van der Waals surface area contributed by atoms with Gasteiger partial charge >= 0.3 is 0 Å². The number of β-amino-alcohol motifs (C(OH)–C–C–N with tert-alkyl or cyclic N) is 1. The van der Waals surface area contributed by atoms with Gasteiger partial charge in [-0.05, 0) is 47.5 Å². The zero-order chi connectivity index (χ0) is 20.8. The van der Waals surface area contributed by atoms with Crippen LogP contribution in [-0.4, -0.2) is 55.4 Å². The Morgan fingerprint density at radius 3 is 2.10 bits per heavy atom. The van der Waals surface area contributed by atoms with Crippen molar-refractivity contribution in [1.82, 2.24) is 4.90 Å². The molecule has 1 fully saturated rings. The van der Waals surface area contributed by atoms with E-state index in [0.29, 0.717) is 13.2 Å². The Hall–Kier alpha value is -2.53. The first-order valence-corrected chi connectivity index (χ1v) is 10.7. The highest BCUT2D eigenvalue weighted by molar-refractivity contribution is 6.30. The number of ether oxygens (including phenoxy) is 1. The van der Waals surface area contributed by atoms with E-state index in [1.165, 1.54) is 11.3 Å². The third-order valence-electron chi connectivity index (χ3n) is 5.44. The molecule has 1 heterocycles. The second kappa shape index (κ2) is 9.98. The Morgan fingerprint density at radius 1 is 0.800 bits per heavy atom.